The molecule has 0 aliphatic heterocycles. The molecule has 2 nitrogen and oxygen atoms in total. The molecule has 0 bridgehead atoms. The number of halogens is 2. The highest BCUT2D eigenvalue weighted by Crippen LogP contribution is 2.23. The van der Waals surface area contributed by atoms with Gasteiger partial charge in [0.15, 0.2) is 0 Å². The van der Waals surface area contributed by atoms with Gasteiger partial charge in [0.1, 0.15) is 5.84 Å². The maximum absolute atomic E-state index is 5.86. The zero-order valence-corrected chi connectivity index (χ0v) is 10.4. The number of hydrogen-bond donors (Lipinski definition) is 1. The highest BCUT2D eigenvalue weighted by molar-refractivity contribution is 9.10. The molecule has 0 unspecified atom stereocenters. The van der Waals surface area contributed by atoms with Crippen molar-refractivity contribution >= 4 is 33.4 Å². The lowest BCUT2D eigenvalue weighted by Crippen LogP contribution is -2.15. The van der Waals surface area contributed by atoms with E-state index in [-0.39, 0.29) is 6.04 Å². The minimum absolute atomic E-state index is 0.199. The molecule has 4 heteroatoms. The van der Waals surface area contributed by atoms with Crippen molar-refractivity contribution < 1.29 is 0 Å². The van der Waals surface area contributed by atoms with Gasteiger partial charge in [-0.3, -0.25) is 4.99 Å². The van der Waals surface area contributed by atoms with E-state index < -0.39 is 0 Å². The van der Waals surface area contributed by atoms with E-state index in [4.69, 9.17) is 17.3 Å². The van der Waals surface area contributed by atoms with Crippen LogP contribution in [0.5, 0.6) is 0 Å². The van der Waals surface area contributed by atoms with Crippen molar-refractivity contribution in [2.75, 3.05) is 0 Å². The van der Waals surface area contributed by atoms with Crippen molar-refractivity contribution in [2.45, 2.75) is 19.9 Å². The molecular weight excluding hydrogens is 263 g/mol. The molecule has 14 heavy (non-hydrogen) atoms. The SMILES string of the molecule is CC(C)N=C(N)c1ccc(Cl)c(Br)c1. The summed E-state index contributed by atoms with van der Waals surface area (Å²) in [5, 5.41) is 0.672. The summed E-state index contributed by atoms with van der Waals surface area (Å²) in [6.07, 6.45) is 0. The van der Waals surface area contributed by atoms with Crippen LogP contribution >= 0.6 is 27.5 Å². The van der Waals surface area contributed by atoms with Crippen LogP contribution < -0.4 is 5.73 Å². The predicted molar refractivity (Wildman–Crippen MR) is 65.0 cm³/mol. The number of nitrogens with two attached hydrogens (primary N) is 1. The molecule has 2 N–H and O–H groups in total. The van der Waals surface area contributed by atoms with Crippen LogP contribution in [0.15, 0.2) is 27.7 Å². The molecule has 0 atom stereocenters. The molecule has 0 amide bonds. The monoisotopic (exact) mass is 274 g/mol. The van der Waals surface area contributed by atoms with Crippen LogP contribution in [0, 0.1) is 0 Å². The van der Waals surface area contributed by atoms with Gasteiger partial charge in [0.25, 0.3) is 0 Å². The fraction of sp³-hybridized carbons (Fsp3) is 0.300. The molecule has 0 aromatic heterocycles. The lowest BCUT2D eigenvalue weighted by Gasteiger charge is -2.04. The molecule has 0 aliphatic rings. The van der Waals surface area contributed by atoms with Gasteiger partial charge in [0, 0.05) is 16.1 Å². The maximum atomic E-state index is 5.86. The standard InChI is InChI=1S/C10H12BrClN2/c1-6(2)14-10(13)7-3-4-9(12)8(11)5-7/h3-6H,1-2H3,(H2,13,14). The number of hydrogen-bond acceptors (Lipinski definition) is 1. The first-order valence-corrected chi connectivity index (χ1v) is 5.46. The normalized spacial score (nSPS) is 12.2. The van der Waals surface area contributed by atoms with Crippen molar-refractivity contribution in [1.29, 1.82) is 0 Å². The van der Waals surface area contributed by atoms with Crippen molar-refractivity contribution in [3.63, 3.8) is 0 Å². The fourth-order valence-electron chi connectivity index (χ4n) is 1.01. The summed E-state index contributed by atoms with van der Waals surface area (Å²) < 4.78 is 0.832. The van der Waals surface area contributed by atoms with E-state index in [0.29, 0.717) is 10.9 Å². The number of aliphatic imine (C=N–C) groups is 1. The fourth-order valence-corrected chi connectivity index (χ4v) is 1.50. The molecule has 1 rings (SSSR count). The summed E-state index contributed by atoms with van der Waals surface area (Å²) in [6.45, 7) is 3.97. The lowest BCUT2D eigenvalue weighted by molar-refractivity contribution is 0.834. The molecule has 0 spiro atoms. The summed E-state index contributed by atoms with van der Waals surface area (Å²) in [4.78, 5) is 4.25. The summed E-state index contributed by atoms with van der Waals surface area (Å²) in [5.74, 6) is 0.539. The Morgan fingerprint density at radius 1 is 1.50 bits per heavy atom. The van der Waals surface area contributed by atoms with E-state index in [1.54, 1.807) is 6.07 Å². The summed E-state index contributed by atoms with van der Waals surface area (Å²) in [7, 11) is 0. The number of benzene rings is 1. The van der Waals surface area contributed by atoms with E-state index >= 15 is 0 Å². The second-order valence-electron chi connectivity index (χ2n) is 3.24. The van der Waals surface area contributed by atoms with Gasteiger partial charge < -0.3 is 5.73 Å². The van der Waals surface area contributed by atoms with Crippen LogP contribution in [-0.4, -0.2) is 11.9 Å². The molecule has 0 saturated carbocycles. The van der Waals surface area contributed by atoms with E-state index in [0.717, 1.165) is 10.0 Å². The highest BCUT2D eigenvalue weighted by Gasteiger charge is 2.02. The first kappa shape index (κ1) is 11.5. The van der Waals surface area contributed by atoms with E-state index in [2.05, 4.69) is 20.9 Å². The van der Waals surface area contributed by atoms with Crippen molar-refractivity contribution in [3.05, 3.63) is 33.3 Å². The number of rotatable bonds is 2. The molecule has 1 aromatic carbocycles. The van der Waals surface area contributed by atoms with Crippen LogP contribution in [0.3, 0.4) is 0 Å². The smallest absolute Gasteiger partial charge is 0.125 e. The number of nitrogens with zero attached hydrogens (tertiary/aromatic N) is 1. The van der Waals surface area contributed by atoms with Gasteiger partial charge in [-0.15, -0.1) is 0 Å². The number of amidine groups is 1. The minimum Gasteiger partial charge on any atom is -0.383 e. The van der Waals surface area contributed by atoms with Crippen molar-refractivity contribution in [2.24, 2.45) is 10.7 Å². The van der Waals surface area contributed by atoms with Crippen LogP contribution in [0.4, 0.5) is 0 Å². The van der Waals surface area contributed by atoms with Crippen LogP contribution in [0.25, 0.3) is 0 Å². The second kappa shape index (κ2) is 4.80. The second-order valence-corrected chi connectivity index (χ2v) is 4.50. The third-order valence-corrected chi connectivity index (χ3v) is 2.83. The Kier molecular flexibility index (Phi) is 3.96. The van der Waals surface area contributed by atoms with Gasteiger partial charge >= 0.3 is 0 Å². The molecule has 76 valence electrons. The topological polar surface area (TPSA) is 38.4 Å². The van der Waals surface area contributed by atoms with Gasteiger partial charge in [-0.2, -0.15) is 0 Å². The highest BCUT2D eigenvalue weighted by atomic mass is 79.9. The van der Waals surface area contributed by atoms with E-state index in [1.165, 1.54) is 0 Å². The summed E-state index contributed by atoms with van der Waals surface area (Å²) in [6, 6.07) is 5.71. The van der Waals surface area contributed by atoms with Crippen LogP contribution in [0.2, 0.25) is 5.02 Å². The Balaban J connectivity index is 3.03. The van der Waals surface area contributed by atoms with Crippen molar-refractivity contribution in [1.82, 2.24) is 0 Å². The average Bonchev–Trinajstić information content (AvgIpc) is 2.08. The van der Waals surface area contributed by atoms with Gasteiger partial charge in [-0.1, -0.05) is 11.6 Å². The van der Waals surface area contributed by atoms with E-state index in [9.17, 15) is 0 Å². The third-order valence-electron chi connectivity index (χ3n) is 1.61. The lowest BCUT2D eigenvalue weighted by atomic mass is 10.2. The first-order chi connectivity index (χ1) is 6.50. The Hall–Kier alpha value is -0.540. The van der Waals surface area contributed by atoms with Gasteiger partial charge in [-0.25, -0.2) is 0 Å². The first-order valence-electron chi connectivity index (χ1n) is 4.29. The Labute approximate surface area is 97.3 Å². The Morgan fingerprint density at radius 3 is 2.64 bits per heavy atom. The molecule has 0 fully saturated rings. The van der Waals surface area contributed by atoms with Gasteiger partial charge in [-0.05, 0) is 48.0 Å². The van der Waals surface area contributed by atoms with Crippen LogP contribution in [0.1, 0.15) is 19.4 Å². The quantitative estimate of drug-likeness (QED) is 0.653. The molecule has 0 radical (unpaired) electrons. The molecule has 0 aliphatic carbocycles. The van der Waals surface area contributed by atoms with Crippen molar-refractivity contribution in [3.8, 4) is 0 Å². The Morgan fingerprint density at radius 2 is 2.14 bits per heavy atom. The maximum Gasteiger partial charge on any atom is 0.125 e. The Bertz CT molecular complexity index is 361. The van der Waals surface area contributed by atoms with Crippen LogP contribution in [-0.2, 0) is 0 Å². The van der Waals surface area contributed by atoms with E-state index in [1.807, 2.05) is 26.0 Å². The van der Waals surface area contributed by atoms with Gasteiger partial charge in [0.05, 0.1) is 5.02 Å². The zero-order valence-electron chi connectivity index (χ0n) is 8.09. The third kappa shape index (κ3) is 3.00. The predicted octanol–water partition coefficient (Wildman–Crippen LogP) is 3.22. The molecule has 0 heterocycles. The molecule has 0 saturated heterocycles. The molecular formula is C10H12BrClN2. The van der Waals surface area contributed by atoms with Gasteiger partial charge in [0.2, 0.25) is 0 Å². The largest absolute Gasteiger partial charge is 0.383 e. The molecule has 1 aromatic rings. The summed E-state index contributed by atoms with van der Waals surface area (Å²) >= 11 is 9.20. The average molecular weight is 276 g/mol. The zero-order chi connectivity index (χ0) is 10.7. The summed E-state index contributed by atoms with van der Waals surface area (Å²) in [5.41, 5.74) is 6.69. The minimum atomic E-state index is 0.199.